The second kappa shape index (κ2) is 6.99. The first-order valence-corrected chi connectivity index (χ1v) is 7.09. The Kier molecular flexibility index (Phi) is 5.06. The molecule has 1 N–H and O–H groups in total. The van der Waals surface area contributed by atoms with Crippen molar-refractivity contribution >= 4 is 11.5 Å². The van der Waals surface area contributed by atoms with Crippen molar-refractivity contribution in [2.75, 3.05) is 18.1 Å². The number of anilines is 1. The molecule has 0 atom stereocenters. The van der Waals surface area contributed by atoms with E-state index in [0.29, 0.717) is 12.4 Å². The van der Waals surface area contributed by atoms with Crippen LogP contribution in [0.3, 0.4) is 0 Å². The predicted molar refractivity (Wildman–Crippen MR) is 76.9 cm³/mol. The minimum Gasteiger partial charge on any atom is -0.395 e. The molecule has 0 saturated heterocycles. The van der Waals surface area contributed by atoms with Gasteiger partial charge >= 0.3 is 0 Å². The van der Waals surface area contributed by atoms with E-state index in [1.165, 1.54) is 18.7 Å². The molecule has 1 heterocycles. The Morgan fingerprint density at radius 2 is 2.19 bits per heavy atom. The van der Waals surface area contributed by atoms with Crippen molar-refractivity contribution < 1.29 is 10.0 Å². The molecule has 2 rings (SSSR count). The molecule has 0 radical (unpaired) electrons. The first kappa shape index (κ1) is 15.2. The number of rotatable bonds is 5. The fourth-order valence-electron chi connectivity index (χ4n) is 2.82. The van der Waals surface area contributed by atoms with Crippen LogP contribution in [0.5, 0.6) is 0 Å². The lowest BCUT2D eigenvalue weighted by Gasteiger charge is -2.35. The highest BCUT2D eigenvalue weighted by Gasteiger charge is 2.25. The Labute approximate surface area is 123 Å². The quantitative estimate of drug-likeness (QED) is 0.657. The molecule has 0 aromatic carbocycles. The lowest BCUT2D eigenvalue weighted by Crippen LogP contribution is -2.39. The molecule has 1 saturated carbocycles. The number of aliphatic hydroxyl groups excluding tert-OH is 1. The summed E-state index contributed by atoms with van der Waals surface area (Å²) in [5, 5.41) is 29.3. The van der Waals surface area contributed by atoms with Gasteiger partial charge in [0.05, 0.1) is 11.5 Å². The van der Waals surface area contributed by atoms with Crippen molar-refractivity contribution in [2.45, 2.75) is 38.1 Å². The third-order valence-corrected chi connectivity index (χ3v) is 3.81. The lowest BCUT2D eigenvalue weighted by atomic mass is 9.94. The summed E-state index contributed by atoms with van der Waals surface area (Å²) in [5.74, 6) is 0.434. The second-order valence-corrected chi connectivity index (χ2v) is 5.14. The summed E-state index contributed by atoms with van der Waals surface area (Å²) in [7, 11) is 0. The van der Waals surface area contributed by atoms with Gasteiger partial charge in [-0.1, -0.05) is 19.3 Å². The van der Waals surface area contributed by atoms with Crippen LogP contribution in [0.2, 0.25) is 0 Å². The second-order valence-electron chi connectivity index (χ2n) is 5.14. The molecule has 1 aliphatic rings. The van der Waals surface area contributed by atoms with E-state index in [1.807, 2.05) is 11.0 Å². The Morgan fingerprint density at radius 3 is 2.76 bits per heavy atom. The van der Waals surface area contributed by atoms with Gasteiger partial charge in [-0.05, 0) is 12.8 Å². The van der Waals surface area contributed by atoms with Crippen molar-refractivity contribution in [1.29, 1.82) is 5.26 Å². The predicted octanol–water partition coefficient (Wildman–Crippen LogP) is 1.99. The van der Waals surface area contributed by atoms with E-state index in [1.54, 1.807) is 0 Å². The van der Waals surface area contributed by atoms with Gasteiger partial charge in [-0.15, -0.1) is 0 Å². The molecule has 1 aromatic heterocycles. The van der Waals surface area contributed by atoms with Crippen LogP contribution >= 0.6 is 0 Å². The van der Waals surface area contributed by atoms with E-state index < -0.39 is 4.92 Å². The van der Waals surface area contributed by atoms with Crippen molar-refractivity contribution in [2.24, 2.45) is 0 Å². The van der Waals surface area contributed by atoms with Crippen molar-refractivity contribution in [3.8, 4) is 6.07 Å². The number of nitrogens with zero attached hydrogens (tertiary/aromatic N) is 4. The van der Waals surface area contributed by atoms with Crippen LogP contribution in [0.1, 0.15) is 37.7 Å². The van der Waals surface area contributed by atoms with Crippen LogP contribution in [-0.4, -0.2) is 34.2 Å². The summed E-state index contributed by atoms with van der Waals surface area (Å²) in [6.07, 6.45) is 6.57. The monoisotopic (exact) mass is 290 g/mol. The zero-order valence-electron chi connectivity index (χ0n) is 11.7. The molecule has 1 aliphatic carbocycles. The maximum absolute atomic E-state index is 10.8. The average Bonchev–Trinajstić information content (AvgIpc) is 2.53. The van der Waals surface area contributed by atoms with E-state index in [2.05, 4.69) is 4.98 Å². The van der Waals surface area contributed by atoms with Crippen molar-refractivity contribution in [3.05, 3.63) is 27.9 Å². The van der Waals surface area contributed by atoms with Gasteiger partial charge in [0.15, 0.2) is 0 Å². The lowest BCUT2D eigenvalue weighted by molar-refractivity contribution is -0.385. The fraction of sp³-hybridized carbons (Fsp3) is 0.571. The molecule has 0 bridgehead atoms. The van der Waals surface area contributed by atoms with Gasteiger partial charge in [-0.2, -0.15) is 5.26 Å². The van der Waals surface area contributed by atoms with Gasteiger partial charge in [-0.3, -0.25) is 10.1 Å². The number of aromatic nitrogens is 1. The molecule has 21 heavy (non-hydrogen) atoms. The highest BCUT2D eigenvalue weighted by Crippen LogP contribution is 2.29. The first-order chi connectivity index (χ1) is 10.2. The third kappa shape index (κ3) is 3.47. The SMILES string of the molecule is N#Cc1cc([N+](=O)[O-])cnc1N(CCO)C1CCCCC1. The van der Waals surface area contributed by atoms with E-state index in [4.69, 9.17) is 0 Å². The summed E-state index contributed by atoms with van der Waals surface area (Å²) >= 11 is 0. The molecule has 0 spiro atoms. The summed E-state index contributed by atoms with van der Waals surface area (Å²) in [6, 6.07) is 3.45. The van der Waals surface area contributed by atoms with E-state index in [9.17, 15) is 20.5 Å². The van der Waals surface area contributed by atoms with Crippen LogP contribution < -0.4 is 4.90 Å². The smallest absolute Gasteiger partial charge is 0.289 e. The highest BCUT2D eigenvalue weighted by atomic mass is 16.6. The largest absolute Gasteiger partial charge is 0.395 e. The molecule has 112 valence electrons. The van der Waals surface area contributed by atoms with Gasteiger partial charge in [-0.25, -0.2) is 4.98 Å². The molecular formula is C14H18N4O3. The summed E-state index contributed by atoms with van der Waals surface area (Å²) in [6.45, 7) is 0.337. The molecule has 1 aromatic rings. The number of aliphatic hydroxyl groups is 1. The summed E-state index contributed by atoms with van der Waals surface area (Å²) in [4.78, 5) is 16.3. The maximum atomic E-state index is 10.8. The summed E-state index contributed by atoms with van der Waals surface area (Å²) < 4.78 is 0. The number of hydrogen-bond acceptors (Lipinski definition) is 6. The van der Waals surface area contributed by atoms with E-state index >= 15 is 0 Å². The van der Waals surface area contributed by atoms with Crippen molar-refractivity contribution in [1.82, 2.24) is 4.98 Å². The van der Waals surface area contributed by atoms with Gasteiger partial charge in [0.25, 0.3) is 5.69 Å². The maximum Gasteiger partial charge on any atom is 0.289 e. The van der Waals surface area contributed by atoms with E-state index in [0.717, 1.165) is 25.7 Å². The van der Waals surface area contributed by atoms with Crippen LogP contribution in [0.15, 0.2) is 12.3 Å². The zero-order chi connectivity index (χ0) is 15.2. The van der Waals surface area contributed by atoms with E-state index in [-0.39, 0.29) is 23.9 Å². The topological polar surface area (TPSA) is 103 Å². The standard InChI is InChI=1S/C14H18N4O3/c15-9-11-8-13(18(20)21)10-16-14(11)17(6-7-19)12-4-2-1-3-5-12/h8,10,12,19H,1-7H2. The Hall–Kier alpha value is -2.20. The Balaban J connectivity index is 2.35. The van der Waals surface area contributed by atoms with Gasteiger partial charge in [0, 0.05) is 18.7 Å². The van der Waals surface area contributed by atoms with Crippen LogP contribution in [-0.2, 0) is 0 Å². The third-order valence-electron chi connectivity index (χ3n) is 3.81. The molecule has 7 heteroatoms. The minimum absolute atomic E-state index is 0.0416. The molecule has 7 nitrogen and oxygen atoms in total. The Bertz CT molecular complexity index is 550. The minimum atomic E-state index is -0.561. The number of nitro groups is 1. The van der Waals surface area contributed by atoms with Crippen molar-refractivity contribution in [3.63, 3.8) is 0 Å². The van der Waals surface area contributed by atoms with Gasteiger partial charge < -0.3 is 10.0 Å². The first-order valence-electron chi connectivity index (χ1n) is 7.09. The Morgan fingerprint density at radius 1 is 1.48 bits per heavy atom. The number of hydrogen-bond donors (Lipinski definition) is 1. The zero-order valence-corrected chi connectivity index (χ0v) is 11.7. The normalized spacial score (nSPS) is 15.4. The van der Waals surface area contributed by atoms with Crippen LogP contribution in [0.4, 0.5) is 11.5 Å². The summed E-state index contributed by atoms with van der Waals surface area (Å²) in [5.41, 5.74) is -0.00823. The molecule has 1 fully saturated rings. The number of nitriles is 1. The fourth-order valence-corrected chi connectivity index (χ4v) is 2.82. The molecule has 0 aliphatic heterocycles. The molecule has 0 amide bonds. The van der Waals surface area contributed by atoms with Crippen LogP contribution in [0.25, 0.3) is 0 Å². The number of pyridine rings is 1. The average molecular weight is 290 g/mol. The van der Waals surface area contributed by atoms with Gasteiger partial charge in [0.1, 0.15) is 23.6 Å². The van der Waals surface area contributed by atoms with Crippen LogP contribution in [0, 0.1) is 21.4 Å². The highest BCUT2D eigenvalue weighted by molar-refractivity contribution is 5.57. The molecular weight excluding hydrogens is 272 g/mol. The molecule has 0 unspecified atom stereocenters. The van der Waals surface area contributed by atoms with Gasteiger partial charge in [0.2, 0.25) is 0 Å².